The molecule has 19 heavy (non-hydrogen) atoms. The maximum atomic E-state index is 12.3. The lowest BCUT2D eigenvalue weighted by molar-refractivity contribution is 0.570. The molecular weight excluding hydrogens is 260 g/mol. The van der Waals surface area contributed by atoms with Gasteiger partial charge in [-0.2, -0.15) is 10.5 Å². The molecule has 4 nitrogen and oxygen atoms in total. The predicted molar refractivity (Wildman–Crippen MR) is 70.4 cm³/mol. The fraction of sp³-hybridized carbons (Fsp3) is 0.286. The lowest BCUT2D eigenvalue weighted by Crippen LogP contribution is -2.32. The second-order valence-electron chi connectivity index (χ2n) is 4.54. The van der Waals surface area contributed by atoms with Gasteiger partial charge in [0.2, 0.25) is 9.84 Å². The van der Waals surface area contributed by atoms with Crippen LogP contribution >= 0.6 is 0 Å². The molecule has 0 saturated carbocycles. The molecule has 0 aliphatic carbocycles. The third-order valence-corrected chi connectivity index (χ3v) is 5.47. The van der Waals surface area contributed by atoms with Crippen LogP contribution in [-0.2, 0) is 9.84 Å². The summed E-state index contributed by atoms with van der Waals surface area (Å²) in [6, 6.07) is 12.7. The summed E-state index contributed by atoms with van der Waals surface area (Å²) in [6.07, 6.45) is 0.421. The van der Waals surface area contributed by atoms with Gasteiger partial charge in [-0.05, 0) is 24.5 Å². The number of hydrogen-bond donors (Lipinski definition) is 0. The molecule has 2 rings (SSSR count). The summed E-state index contributed by atoms with van der Waals surface area (Å²) in [7, 11) is -3.85. The lowest BCUT2D eigenvalue weighted by atomic mass is 9.89. The summed E-state index contributed by atoms with van der Waals surface area (Å²) in [5, 5.41) is 17.0. The Labute approximate surface area is 112 Å². The summed E-state index contributed by atoms with van der Waals surface area (Å²) in [6.45, 7) is 1.64. The van der Waals surface area contributed by atoms with E-state index in [0.29, 0.717) is 12.0 Å². The van der Waals surface area contributed by atoms with Gasteiger partial charge in [0, 0.05) is 5.92 Å². The average Bonchev–Trinajstić information content (AvgIpc) is 2.38. The number of nitriles is 2. The van der Waals surface area contributed by atoms with E-state index in [1.54, 1.807) is 13.0 Å². The zero-order valence-corrected chi connectivity index (χ0v) is 11.2. The quantitative estimate of drug-likeness (QED) is 0.785. The van der Waals surface area contributed by atoms with Crippen LogP contribution in [0.2, 0.25) is 0 Å². The van der Waals surface area contributed by atoms with E-state index >= 15 is 0 Å². The number of sulfone groups is 1. The Morgan fingerprint density at radius 2 is 1.84 bits per heavy atom. The summed E-state index contributed by atoms with van der Waals surface area (Å²) < 4.78 is 24.5. The molecule has 0 unspecified atom stereocenters. The molecular formula is C14H12N2O2S. The molecule has 1 aliphatic rings. The van der Waals surface area contributed by atoms with Gasteiger partial charge in [0.1, 0.15) is 11.0 Å². The van der Waals surface area contributed by atoms with Crippen LogP contribution in [0.5, 0.6) is 0 Å². The van der Waals surface area contributed by atoms with Crippen LogP contribution in [0.1, 0.15) is 24.8 Å². The van der Waals surface area contributed by atoms with Crippen LogP contribution in [0.3, 0.4) is 0 Å². The first-order valence-corrected chi connectivity index (χ1v) is 7.35. The van der Waals surface area contributed by atoms with Crippen LogP contribution in [0.15, 0.2) is 40.8 Å². The summed E-state index contributed by atoms with van der Waals surface area (Å²) >= 11 is 0. The maximum Gasteiger partial charge on any atom is 0.205 e. The van der Waals surface area contributed by atoms with Gasteiger partial charge in [0.15, 0.2) is 5.25 Å². The SMILES string of the molecule is CC1=C(C#N)S(=O)(=O)[C@H](C#N)[C@H](c2ccccc2)C1. The molecule has 1 heterocycles. The monoisotopic (exact) mass is 272 g/mol. The molecule has 0 amide bonds. The van der Waals surface area contributed by atoms with E-state index in [9.17, 15) is 13.7 Å². The standard InChI is InChI=1S/C14H12N2O2S/c1-10-7-12(11-5-3-2-4-6-11)14(9-16)19(17,18)13(10)8-15/h2-6,12,14H,7H2,1H3/t12-,14+/m0/s1. The van der Waals surface area contributed by atoms with E-state index in [1.165, 1.54) is 0 Å². The maximum absolute atomic E-state index is 12.3. The zero-order valence-electron chi connectivity index (χ0n) is 10.4. The van der Waals surface area contributed by atoms with Crippen molar-refractivity contribution in [3.05, 3.63) is 46.4 Å². The van der Waals surface area contributed by atoms with E-state index in [1.807, 2.05) is 36.4 Å². The van der Waals surface area contributed by atoms with Crippen LogP contribution < -0.4 is 0 Å². The average molecular weight is 272 g/mol. The molecule has 0 N–H and O–H groups in total. The van der Waals surface area contributed by atoms with Crippen molar-refractivity contribution < 1.29 is 8.42 Å². The van der Waals surface area contributed by atoms with Gasteiger partial charge >= 0.3 is 0 Å². The van der Waals surface area contributed by atoms with Crippen LogP contribution in [0.25, 0.3) is 0 Å². The first-order valence-electron chi connectivity index (χ1n) is 5.80. The Bertz CT molecular complexity index is 706. The van der Waals surface area contributed by atoms with Crippen LogP contribution in [-0.4, -0.2) is 13.7 Å². The summed E-state index contributed by atoms with van der Waals surface area (Å²) in [5.41, 5.74) is 1.34. The van der Waals surface area contributed by atoms with Gasteiger partial charge in [0.25, 0.3) is 0 Å². The molecule has 96 valence electrons. The van der Waals surface area contributed by atoms with Crippen LogP contribution in [0.4, 0.5) is 0 Å². The smallest absolute Gasteiger partial charge is 0.205 e. The molecule has 1 aromatic carbocycles. The molecule has 0 aromatic heterocycles. The van der Waals surface area contributed by atoms with Gasteiger partial charge in [-0.15, -0.1) is 0 Å². The Balaban J connectivity index is 2.60. The second-order valence-corrected chi connectivity index (χ2v) is 6.54. The normalized spacial score (nSPS) is 25.4. The predicted octanol–water partition coefficient (Wildman–Crippen LogP) is 2.28. The fourth-order valence-corrected chi connectivity index (χ4v) is 4.20. The van der Waals surface area contributed by atoms with Crippen molar-refractivity contribution in [2.24, 2.45) is 0 Å². The Morgan fingerprint density at radius 1 is 1.21 bits per heavy atom. The van der Waals surface area contributed by atoms with E-state index in [4.69, 9.17) is 5.26 Å². The topological polar surface area (TPSA) is 81.7 Å². The van der Waals surface area contributed by atoms with Crippen molar-refractivity contribution >= 4 is 9.84 Å². The molecule has 0 saturated heterocycles. The highest BCUT2D eigenvalue weighted by Gasteiger charge is 2.42. The summed E-state index contributed by atoms with van der Waals surface area (Å²) in [5.74, 6) is -0.409. The zero-order chi connectivity index (χ0) is 14.0. The molecule has 0 spiro atoms. The van der Waals surface area contributed by atoms with Crippen molar-refractivity contribution in [3.8, 4) is 12.1 Å². The first-order chi connectivity index (χ1) is 9.02. The third kappa shape index (κ3) is 2.14. The highest BCUT2D eigenvalue weighted by Crippen LogP contribution is 2.39. The van der Waals surface area contributed by atoms with Crippen molar-refractivity contribution in [2.45, 2.75) is 24.5 Å². The molecule has 0 radical (unpaired) electrons. The molecule has 1 aromatic rings. The third-order valence-electron chi connectivity index (χ3n) is 3.35. The van der Waals surface area contributed by atoms with E-state index in [-0.39, 0.29) is 4.91 Å². The van der Waals surface area contributed by atoms with Gasteiger partial charge in [-0.25, -0.2) is 8.42 Å². The number of rotatable bonds is 1. The van der Waals surface area contributed by atoms with Crippen molar-refractivity contribution in [1.82, 2.24) is 0 Å². The van der Waals surface area contributed by atoms with Crippen molar-refractivity contribution in [1.29, 1.82) is 10.5 Å². The Morgan fingerprint density at radius 3 is 2.37 bits per heavy atom. The number of benzene rings is 1. The molecule has 5 heteroatoms. The minimum Gasteiger partial charge on any atom is -0.222 e. The lowest BCUT2D eigenvalue weighted by Gasteiger charge is -2.27. The highest BCUT2D eigenvalue weighted by atomic mass is 32.2. The minimum atomic E-state index is -3.85. The number of nitrogens with zero attached hydrogens (tertiary/aromatic N) is 2. The minimum absolute atomic E-state index is 0.244. The number of hydrogen-bond acceptors (Lipinski definition) is 4. The Hall–Kier alpha value is -2.11. The highest BCUT2D eigenvalue weighted by molar-refractivity contribution is 7.96. The molecule has 0 bridgehead atoms. The van der Waals surface area contributed by atoms with E-state index in [0.717, 1.165) is 5.56 Å². The van der Waals surface area contributed by atoms with Crippen molar-refractivity contribution in [3.63, 3.8) is 0 Å². The van der Waals surface area contributed by atoms with Crippen LogP contribution in [0, 0.1) is 22.7 Å². The van der Waals surface area contributed by atoms with Gasteiger partial charge in [-0.1, -0.05) is 30.3 Å². The van der Waals surface area contributed by atoms with E-state index in [2.05, 4.69) is 0 Å². The first kappa shape index (κ1) is 13.3. The van der Waals surface area contributed by atoms with Gasteiger partial charge in [0.05, 0.1) is 6.07 Å². The molecule has 1 aliphatic heterocycles. The second kappa shape index (κ2) is 4.87. The largest absolute Gasteiger partial charge is 0.222 e. The van der Waals surface area contributed by atoms with Gasteiger partial charge in [-0.3, -0.25) is 0 Å². The van der Waals surface area contributed by atoms with Gasteiger partial charge < -0.3 is 0 Å². The molecule has 0 fully saturated rings. The van der Waals surface area contributed by atoms with Crippen molar-refractivity contribution in [2.75, 3.05) is 0 Å². The summed E-state index contributed by atoms with van der Waals surface area (Å²) in [4.78, 5) is -0.244. The number of allylic oxidation sites excluding steroid dienone is 2. The molecule has 2 atom stereocenters. The fourth-order valence-electron chi connectivity index (χ4n) is 2.43. The Kier molecular flexibility index (Phi) is 3.42. The van der Waals surface area contributed by atoms with E-state index < -0.39 is 21.0 Å².